The molecule has 124 valence electrons. The van der Waals surface area contributed by atoms with Gasteiger partial charge in [0.2, 0.25) is 0 Å². The quantitative estimate of drug-likeness (QED) is 0.793. The van der Waals surface area contributed by atoms with Gasteiger partial charge in [-0.2, -0.15) is 10.1 Å². The summed E-state index contributed by atoms with van der Waals surface area (Å²) in [4.78, 5) is 11.2. The summed E-state index contributed by atoms with van der Waals surface area (Å²) in [5, 5.41) is 11.0. The van der Waals surface area contributed by atoms with Crippen LogP contribution in [0.3, 0.4) is 0 Å². The Labute approximate surface area is 140 Å². The molecule has 0 amide bonds. The molecular formula is C17H20N6O. The number of aromatic nitrogens is 5. The lowest BCUT2D eigenvalue weighted by atomic mass is 9.93. The Kier molecular flexibility index (Phi) is 4.08. The SMILES string of the molecule is CN1CCC(Cc2noc(-c3ccccc3-c3ncn[nH]3)n2)CC1. The summed E-state index contributed by atoms with van der Waals surface area (Å²) in [6.07, 6.45) is 4.75. The van der Waals surface area contributed by atoms with Gasteiger partial charge in [-0.15, -0.1) is 0 Å². The highest BCUT2D eigenvalue weighted by Crippen LogP contribution is 2.29. The van der Waals surface area contributed by atoms with E-state index in [0.29, 0.717) is 17.6 Å². The molecule has 0 aliphatic carbocycles. The molecule has 3 aromatic rings. The fraction of sp³-hybridized carbons (Fsp3) is 0.412. The van der Waals surface area contributed by atoms with Crippen LogP contribution in [0, 0.1) is 5.92 Å². The van der Waals surface area contributed by atoms with E-state index in [0.717, 1.165) is 36.5 Å². The predicted molar refractivity (Wildman–Crippen MR) is 89.0 cm³/mol. The van der Waals surface area contributed by atoms with E-state index in [9.17, 15) is 0 Å². The first-order chi connectivity index (χ1) is 11.8. The number of benzene rings is 1. The molecule has 1 N–H and O–H groups in total. The third-order valence-electron chi connectivity index (χ3n) is 4.61. The van der Waals surface area contributed by atoms with Gasteiger partial charge in [0, 0.05) is 12.0 Å². The number of rotatable bonds is 4. The van der Waals surface area contributed by atoms with Gasteiger partial charge in [0.05, 0.1) is 5.56 Å². The van der Waals surface area contributed by atoms with Gasteiger partial charge in [0.1, 0.15) is 6.33 Å². The monoisotopic (exact) mass is 324 g/mol. The molecule has 1 fully saturated rings. The summed E-state index contributed by atoms with van der Waals surface area (Å²) >= 11 is 0. The number of nitrogens with one attached hydrogen (secondary N) is 1. The van der Waals surface area contributed by atoms with Gasteiger partial charge in [-0.3, -0.25) is 5.10 Å². The van der Waals surface area contributed by atoms with E-state index in [1.165, 1.54) is 19.2 Å². The van der Waals surface area contributed by atoms with Crippen LogP contribution in [0.1, 0.15) is 18.7 Å². The molecule has 0 bridgehead atoms. The normalized spacial score (nSPS) is 16.5. The van der Waals surface area contributed by atoms with E-state index in [4.69, 9.17) is 4.52 Å². The van der Waals surface area contributed by atoms with E-state index < -0.39 is 0 Å². The minimum atomic E-state index is 0.532. The number of likely N-dealkylation sites (tertiary alicyclic amines) is 1. The van der Waals surface area contributed by atoms with Gasteiger partial charge in [-0.1, -0.05) is 23.4 Å². The highest BCUT2D eigenvalue weighted by atomic mass is 16.5. The maximum atomic E-state index is 5.52. The van der Waals surface area contributed by atoms with Crippen LogP contribution in [0.5, 0.6) is 0 Å². The molecule has 0 spiro atoms. The standard InChI is InChI=1S/C17H20N6O/c1-23-8-6-12(7-9-23)10-15-20-17(24-22-15)14-5-3-2-4-13(14)16-18-11-19-21-16/h2-5,11-12H,6-10H2,1H3,(H,18,19,21). The zero-order valence-electron chi connectivity index (χ0n) is 13.6. The minimum absolute atomic E-state index is 0.532. The van der Waals surface area contributed by atoms with Crippen LogP contribution in [-0.4, -0.2) is 50.4 Å². The molecule has 24 heavy (non-hydrogen) atoms. The highest BCUT2D eigenvalue weighted by molar-refractivity contribution is 5.75. The first-order valence-corrected chi connectivity index (χ1v) is 8.26. The molecule has 4 rings (SSSR count). The lowest BCUT2D eigenvalue weighted by Crippen LogP contribution is -2.31. The van der Waals surface area contributed by atoms with Gasteiger partial charge in [0.25, 0.3) is 5.89 Å². The zero-order valence-corrected chi connectivity index (χ0v) is 13.6. The first kappa shape index (κ1) is 15.0. The predicted octanol–water partition coefficient (Wildman–Crippen LogP) is 2.41. The van der Waals surface area contributed by atoms with Crippen LogP contribution < -0.4 is 0 Å². The van der Waals surface area contributed by atoms with E-state index in [1.54, 1.807) is 0 Å². The van der Waals surface area contributed by atoms with Crippen molar-refractivity contribution in [2.75, 3.05) is 20.1 Å². The average Bonchev–Trinajstić information content (AvgIpc) is 3.29. The van der Waals surface area contributed by atoms with Crippen molar-refractivity contribution in [2.45, 2.75) is 19.3 Å². The summed E-state index contributed by atoms with van der Waals surface area (Å²) in [7, 11) is 2.17. The van der Waals surface area contributed by atoms with E-state index in [2.05, 4.69) is 37.3 Å². The van der Waals surface area contributed by atoms with Crippen molar-refractivity contribution < 1.29 is 4.52 Å². The molecule has 0 atom stereocenters. The van der Waals surface area contributed by atoms with Crippen LogP contribution in [-0.2, 0) is 6.42 Å². The molecule has 3 heterocycles. The summed E-state index contributed by atoms with van der Waals surface area (Å²) in [5.74, 6) is 2.65. The van der Waals surface area contributed by atoms with Crippen molar-refractivity contribution in [1.82, 2.24) is 30.2 Å². The van der Waals surface area contributed by atoms with E-state index >= 15 is 0 Å². The summed E-state index contributed by atoms with van der Waals surface area (Å²) in [6.45, 7) is 2.29. The summed E-state index contributed by atoms with van der Waals surface area (Å²) in [6, 6.07) is 7.84. The third-order valence-corrected chi connectivity index (χ3v) is 4.61. The number of aromatic amines is 1. The van der Waals surface area contributed by atoms with Gasteiger partial charge in [-0.05, 0) is 45.0 Å². The summed E-state index contributed by atoms with van der Waals surface area (Å²) < 4.78 is 5.52. The topological polar surface area (TPSA) is 83.7 Å². The molecule has 0 saturated carbocycles. The van der Waals surface area contributed by atoms with Crippen molar-refractivity contribution in [3.63, 3.8) is 0 Å². The van der Waals surface area contributed by atoms with Crippen LogP contribution >= 0.6 is 0 Å². The number of nitrogens with zero attached hydrogens (tertiary/aromatic N) is 5. The number of H-pyrrole nitrogens is 1. The van der Waals surface area contributed by atoms with E-state index in [-0.39, 0.29) is 0 Å². The van der Waals surface area contributed by atoms with Gasteiger partial charge in [-0.25, -0.2) is 4.98 Å². The highest BCUT2D eigenvalue weighted by Gasteiger charge is 2.21. The second-order valence-corrected chi connectivity index (χ2v) is 6.35. The first-order valence-electron chi connectivity index (χ1n) is 8.26. The molecule has 1 aromatic carbocycles. The van der Waals surface area contributed by atoms with Crippen LogP contribution in [0.4, 0.5) is 0 Å². The lowest BCUT2D eigenvalue weighted by Gasteiger charge is -2.27. The van der Waals surface area contributed by atoms with Crippen molar-refractivity contribution >= 4 is 0 Å². The molecule has 7 heteroatoms. The van der Waals surface area contributed by atoms with Crippen LogP contribution in [0.25, 0.3) is 22.8 Å². The molecule has 1 saturated heterocycles. The molecule has 7 nitrogen and oxygen atoms in total. The largest absolute Gasteiger partial charge is 0.334 e. The Morgan fingerprint density at radius 3 is 2.75 bits per heavy atom. The van der Waals surface area contributed by atoms with Crippen molar-refractivity contribution in [2.24, 2.45) is 5.92 Å². The molecule has 1 aliphatic heterocycles. The number of hydrogen-bond donors (Lipinski definition) is 1. The van der Waals surface area contributed by atoms with Gasteiger partial charge < -0.3 is 9.42 Å². The summed E-state index contributed by atoms with van der Waals surface area (Å²) in [5.41, 5.74) is 1.78. The zero-order chi connectivity index (χ0) is 16.4. The Bertz CT molecular complexity index is 789. The number of piperidine rings is 1. The second-order valence-electron chi connectivity index (χ2n) is 6.35. The van der Waals surface area contributed by atoms with Crippen LogP contribution in [0.15, 0.2) is 35.1 Å². The Hall–Kier alpha value is -2.54. The smallest absolute Gasteiger partial charge is 0.258 e. The molecule has 2 aromatic heterocycles. The molecule has 0 radical (unpaired) electrons. The third kappa shape index (κ3) is 3.07. The van der Waals surface area contributed by atoms with Crippen LogP contribution in [0.2, 0.25) is 0 Å². The van der Waals surface area contributed by atoms with Crippen molar-refractivity contribution in [3.05, 3.63) is 36.4 Å². The fourth-order valence-corrected chi connectivity index (χ4v) is 3.18. The average molecular weight is 324 g/mol. The van der Waals surface area contributed by atoms with Crippen molar-refractivity contribution in [3.8, 4) is 22.8 Å². The Balaban J connectivity index is 1.55. The Morgan fingerprint density at radius 1 is 1.21 bits per heavy atom. The molecule has 1 aliphatic rings. The van der Waals surface area contributed by atoms with Crippen molar-refractivity contribution in [1.29, 1.82) is 0 Å². The maximum absolute atomic E-state index is 5.52. The fourth-order valence-electron chi connectivity index (χ4n) is 3.18. The lowest BCUT2D eigenvalue weighted by molar-refractivity contribution is 0.216. The van der Waals surface area contributed by atoms with E-state index in [1.807, 2.05) is 24.3 Å². The van der Waals surface area contributed by atoms with Gasteiger partial charge in [0.15, 0.2) is 11.6 Å². The second kappa shape index (κ2) is 6.52. The maximum Gasteiger partial charge on any atom is 0.258 e. The minimum Gasteiger partial charge on any atom is -0.334 e. The molecule has 0 unspecified atom stereocenters. The van der Waals surface area contributed by atoms with Gasteiger partial charge >= 0.3 is 0 Å². The Morgan fingerprint density at radius 2 is 2.00 bits per heavy atom. The number of hydrogen-bond acceptors (Lipinski definition) is 6. The molecular weight excluding hydrogens is 304 g/mol.